The highest BCUT2D eigenvalue weighted by atomic mass is 79.9. The predicted octanol–water partition coefficient (Wildman–Crippen LogP) is 2.01. The molecule has 0 amide bonds. The van der Waals surface area contributed by atoms with Gasteiger partial charge in [0.15, 0.2) is 12.0 Å². The second kappa shape index (κ2) is 5.88. The minimum absolute atomic E-state index is 0.0734. The largest absolute Gasteiger partial charge is 0.382 e. The van der Waals surface area contributed by atoms with Gasteiger partial charge in [0.05, 0.1) is 6.10 Å². The van der Waals surface area contributed by atoms with Crippen LogP contribution in [-0.2, 0) is 8.57 Å². The lowest BCUT2D eigenvalue weighted by Gasteiger charge is -2.16. The van der Waals surface area contributed by atoms with Gasteiger partial charge in [-0.1, -0.05) is 30.3 Å². The van der Waals surface area contributed by atoms with E-state index in [0.717, 1.165) is 0 Å². The Morgan fingerprint density at radius 3 is 2.72 bits per heavy atom. The van der Waals surface area contributed by atoms with E-state index in [0.29, 0.717) is 5.56 Å². The molecule has 0 radical (unpaired) electrons. The zero-order valence-corrected chi connectivity index (χ0v) is 10.9. The quantitative estimate of drug-likeness (QED) is 0.863. The summed E-state index contributed by atoms with van der Waals surface area (Å²) in [5.74, 6) is -0.483. The van der Waals surface area contributed by atoms with Crippen LogP contribution in [0.15, 0.2) is 30.3 Å². The van der Waals surface area contributed by atoms with Gasteiger partial charge in [-0.15, -0.1) is 0 Å². The molecule has 0 aromatic heterocycles. The van der Waals surface area contributed by atoms with Crippen molar-refractivity contribution in [2.24, 2.45) is 0 Å². The number of halogens is 2. The molecular weight excluding hydrogens is 307 g/mol. The van der Waals surface area contributed by atoms with Gasteiger partial charge in [0, 0.05) is 12.0 Å². The van der Waals surface area contributed by atoms with Crippen LogP contribution in [0.2, 0.25) is 0 Å². The molecule has 1 saturated heterocycles. The van der Waals surface area contributed by atoms with E-state index >= 15 is 0 Å². The van der Waals surface area contributed by atoms with E-state index in [-0.39, 0.29) is 6.42 Å². The molecule has 0 bridgehead atoms. The number of hydrogen-bond acceptors (Lipinski definition) is 4. The van der Waals surface area contributed by atoms with Gasteiger partial charge in [0.1, 0.15) is 22.4 Å². The fourth-order valence-corrected chi connectivity index (χ4v) is 2.19. The number of benzene rings is 1. The van der Waals surface area contributed by atoms with Crippen LogP contribution < -0.4 is 0 Å². The van der Waals surface area contributed by atoms with E-state index in [4.69, 9.17) is 4.74 Å². The van der Waals surface area contributed by atoms with E-state index in [2.05, 4.69) is 20.1 Å². The van der Waals surface area contributed by atoms with Crippen LogP contribution in [0.1, 0.15) is 16.8 Å². The second-order valence-electron chi connectivity index (χ2n) is 4.06. The van der Waals surface area contributed by atoms with Crippen LogP contribution in [0, 0.1) is 0 Å². The molecule has 4 nitrogen and oxygen atoms in total. The third-order valence-electron chi connectivity index (χ3n) is 2.83. The molecule has 1 N–H and O–H groups in total. The predicted molar refractivity (Wildman–Crippen MR) is 65.0 cm³/mol. The van der Waals surface area contributed by atoms with Crippen LogP contribution in [0.4, 0.5) is 4.39 Å². The van der Waals surface area contributed by atoms with Crippen molar-refractivity contribution < 1.29 is 22.9 Å². The van der Waals surface area contributed by atoms with Crippen molar-refractivity contribution in [1.29, 1.82) is 0 Å². The van der Waals surface area contributed by atoms with Gasteiger partial charge in [0.25, 0.3) is 0 Å². The molecule has 1 aliphatic rings. The third kappa shape index (κ3) is 2.77. The van der Waals surface area contributed by atoms with Crippen molar-refractivity contribution in [1.82, 2.24) is 0 Å². The van der Waals surface area contributed by atoms with Gasteiger partial charge < -0.3 is 9.84 Å². The maximum atomic E-state index is 13.4. The van der Waals surface area contributed by atoms with Crippen molar-refractivity contribution in [2.75, 3.05) is 0 Å². The minimum atomic E-state index is -1.39. The van der Waals surface area contributed by atoms with Crippen LogP contribution >= 0.6 is 16.3 Å². The number of aliphatic hydroxyl groups excluding tert-OH is 1. The molecule has 0 aliphatic carbocycles. The Hall–Kier alpha value is -0.820. The lowest BCUT2D eigenvalue weighted by atomic mass is 10.0. The van der Waals surface area contributed by atoms with E-state index in [1.807, 2.05) is 0 Å². The first-order valence-corrected chi connectivity index (χ1v) is 6.12. The number of rotatable bonds is 4. The third-order valence-corrected chi connectivity index (χ3v) is 3.20. The summed E-state index contributed by atoms with van der Waals surface area (Å²) in [4.78, 5) is 11.9. The topological polar surface area (TPSA) is 55.8 Å². The van der Waals surface area contributed by atoms with Gasteiger partial charge in [-0.05, 0) is 0 Å². The average Bonchev–Trinajstić information content (AvgIpc) is 2.79. The summed E-state index contributed by atoms with van der Waals surface area (Å²) < 4.78 is 23.1. The van der Waals surface area contributed by atoms with E-state index in [9.17, 15) is 14.3 Å². The molecule has 1 aromatic rings. The lowest BCUT2D eigenvalue weighted by molar-refractivity contribution is -0.101. The first-order valence-electron chi connectivity index (χ1n) is 5.47. The molecule has 1 heterocycles. The first-order chi connectivity index (χ1) is 8.63. The van der Waals surface area contributed by atoms with Gasteiger partial charge in [0.2, 0.25) is 6.29 Å². The number of carbonyl (C=O) groups excluding carboxylic acids is 1. The second-order valence-corrected chi connectivity index (χ2v) is 4.43. The molecule has 1 unspecified atom stereocenters. The van der Waals surface area contributed by atoms with Crippen molar-refractivity contribution in [2.45, 2.75) is 31.1 Å². The van der Waals surface area contributed by atoms with Crippen molar-refractivity contribution in [3.63, 3.8) is 0 Å². The Bertz CT molecular complexity index is 414. The van der Waals surface area contributed by atoms with Crippen LogP contribution in [0.3, 0.4) is 0 Å². The number of ketones is 1. The highest BCUT2D eigenvalue weighted by Gasteiger charge is 2.42. The molecule has 18 heavy (non-hydrogen) atoms. The number of ether oxygens (including phenoxy) is 1. The molecule has 0 saturated carbocycles. The Morgan fingerprint density at radius 2 is 2.17 bits per heavy atom. The van der Waals surface area contributed by atoms with Crippen LogP contribution in [0.25, 0.3) is 0 Å². The number of Topliss-reactive ketones (excluding diaryl/α,β-unsaturated/α-hetero) is 1. The van der Waals surface area contributed by atoms with E-state index in [1.165, 1.54) is 0 Å². The van der Waals surface area contributed by atoms with Crippen LogP contribution in [-0.4, -0.2) is 35.6 Å². The normalized spacial score (nSPS) is 29.2. The van der Waals surface area contributed by atoms with Crippen molar-refractivity contribution in [3.8, 4) is 0 Å². The minimum Gasteiger partial charge on any atom is -0.382 e. The van der Waals surface area contributed by atoms with E-state index < -0.39 is 30.5 Å². The van der Waals surface area contributed by atoms with E-state index in [1.54, 1.807) is 30.3 Å². The molecule has 1 aromatic carbocycles. The Balaban J connectivity index is 2.04. The maximum absolute atomic E-state index is 13.4. The molecule has 4 atom stereocenters. The van der Waals surface area contributed by atoms with Crippen LogP contribution in [0.5, 0.6) is 0 Å². The fraction of sp³-hybridized carbons (Fsp3) is 0.417. The fourth-order valence-electron chi connectivity index (χ4n) is 1.87. The molecule has 1 aliphatic heterocycles. The molecule has 6 heteroatoms. The molecule has 2 rings (SSSR count). The van der Waals surface area contributed by atoms with Gasteiger partial charge in [-0.3, -0.25) is 8.62 Å². The summed E-state index contributed by atoms with van der Waals surface area (Å²) in [6.45, 7) is 0. The summed E-state index contributed by atoms with van der Waals surface area (Å²) in [7, 11) is 0. The highest BCUT2D eigenvalue weighted by molar-refractivity contribution is 9.06. The summed E-state index contributed by atoms with van der Waals surface area (Å²) in [6.07, 6.45) is -4.81. The number of carbonyl (C=O) groups is 1. The zero-order valence-electron chi connectivity index (χ0n) is 9.33. The summed E-state index contributed by atoms with van der Waals surface area (Å²) in [6, 6.07) is 8.33. The van der Waals surface area contributed by atoms with Crippen molar-refractivity contribution >= 4 is 22.0 Å². The number of alkyl halides is 1. The Labute approximate surface area is 112 Å². The number of hydrogen-bond donors (Lipinski definition) is 1. The van der Waals surface area contributed by atoms with Gasteiger partial charge in [-0.2, -0.15) is 0 Å². The zero-order chi connectivity index (χ0) is 13.1. The smallest absolute Gasteiger partial charge is 0.202 e. The lowest BCUT2D eigenvalue weighted by Crippen LogP contribution is -2.34. The summed E-state index contributed by atoms with van der Waals surface area (Å²) >= 11 is 2.64. The van der Waals surface area contributed by atoms with Crippen molar-refractivity contribution in [3.05, 3.63) is 35.9 Å². The average molecular weight is 319 g/mol. The molecule has 98 valence electrons. The van der Waals surface area contributed by atoms with Gasteiger partial charge >= 0.3 is 0 Å². The maximum Gasteiger partial charge on any atom is 0.202 e. The Kier molecular flexibility index (Phi) is 4.45. The molecular formula is C12H12BrFO4. The number of aliphatic hydroxyl groups is 1. The first kappa shape index (κ1) is 13.6. The SMILES string of the molecule is O=C(c1ccccc1)C(O)[C@@H]1C[C@@H](F)[C@@H](OBr)O1. The highest BCUT2D eigenvalue weighted by Crippen LogP contribution is 2.28. The summed E-state index contributed by atoms with van der Waals surface area (Å²) in [5, 5.41) is 9.89. The van der Waals surface area contributed by atoms with Gasteiger partial charge in [-0.25, -0.2) is 4.39 Å². The molecule has 1 fully saturated rings. The monoisotopic (exact) mass is 318 g/mol. The molecule has 0 spiro atoms. The Morgan fingerprint density at radius 1 is 1.50 bits per heavy atom. The standard InChI is InChI=1S/C12H12BrFO4/c13-18-12-8(14)6-9(17-12)11(16)10(15)7-4-2-1-3-5-7/h1-5,8-9,11-12,16H,6H2/t8-,9+,11?,12-/m1/s1. The summed E-state index contributed by atoms with van der Waals surface area (Å²) in [5.41, 5.74) is 0.368.